The summed E-state index contributed by atoms with van der Waals surface area (Å²) < 4.78 is 0.860. The Bertz CT molecular complexity index is 615. The molecule has 1 amide bonds. The fraction of sp³-hybridized carbons (Fsp3) is 0. The van der Waals surface area contributed by atoms with Gasteiger partial charge in [-0.3, -0.25) is 9.78 Å². The number of hydrazone groups is 1. The van der Waals surface area contributed by atoms with Crippen molar-refractivity contribution in [1.82, 2.24) is 10.4 Å². The van der Waals surface area contributed by atoms with Crippen LogP contribution in [0.3, 0.4) is 0 Å². The van der Waals surface area contributed by atoms with Crippen molar-refractivity contribution in [2.24, 2.45) is 5.10 Å². The van der Waals surface area contributed by atoms with Crippen LogP contribution in [0.5, 0.6) is 5.75 Å². The van der Waals surface area contributed by atoms with E-state index in [2.05, 4.69) is 38.1 Å². The first-order valence-electron chi connectivity index (χ1n) is 5.39. The highest BCUT2D eigenvalue weighted by Gasteiger charge is 2.10. The smallest absolute Gasteiger partial charge is 0.275 e. The van der Waals surface area contributed by atoms with E-state index in [1.54, 1.807) is 36.7 Å². The molecule has 5 nitrogen and oxygen atoms in total. The van der Waals surface area contributed by atoms with Crippen LogP contribution in [0.25, 0.3) is 0 Å². The summed E-state index contributed by atoms with van der Waals surface area (Å²) in [6.07, 6.45) is 4.77. The maximum absolute atomic E-state index is 11.8. The minimum atomic E-state index is -0.457. The maximum atomic E-state index is 11.8. The highest BCUT2D eigenvalue weighted by molar-refractivity contribution is 14.1. The Kier molecular flexibility index (Phi) is 4.45. The van der Waals surface area contributed by atoms with E-state index < -0.39 is 5.91 Å². The molecule has 1 aromatic heterocycles. The number of amides is 1. The van der Waals surface area contributed by atoms with E-state index in [1.165, 1.54) is 12.3 Å². The monoisotopic (exact) mass is 367 g/mol. The van der Waals surface area contributed by atoms with Crippen LogP contribution in [-0.2, 0) is 0 Å². The van der Waals surface area contributed by atoms with Crippen LogP contribution in [-0.4, -0.2) is 22.2 Å². The number of hydrogen-bond donors (Lipinski definition) is 2. The first-order chi connectivity index (χ1) is 9.16. The topological polar surface area (TPSA) is 74.6 Å². The highest BCUT2D eigenvalue weighted by Crippen LogP contribution is 2.19. The van der Waals surface area contributed by atoms with Crippen molar-refractivity contribution in [3.63, 3.8) is 0 Å². The molecule has 0 fully saturated rings. The highest BCUT2D eigenvalue weighted by atomic mass is 127. The van der Waals surface area contributed by atoms with Crippen molar-refractivity contribution < 1.29 is 9.90 Å². The molecule has 2 N–H and O–H groups in total. The molecule has 0 spiro atoms. The number of nitrogens with zero attached hydrogens (tertiary/aromatic N) is 2. The number of pyridine rings is 1. The predicted octanol–water partition coefficient (Wildman–Crippen LogP) is 2.16. The second-order valence-corrected chi connectivity index (χ2v) is 4.89. The lowest BCUT2D eigenvalue weighted by Crippen LogP contribution is -2.17. The molecule has 1 aromatic carbocycles. The fourth-order valence-electron chi connectivity index (χ4n) is 1.37. The molecule has 0 aliphatic rings. The molecule has 6 heteroatoms. The van der Waals surface area contributed by atoms with E-state index in [9.17, 15) is 9.90 Å². The van der Waals surface area contributed by atoms with Crippen molar-refractivity contribution >= 4 is 34.7 Å². The number of hydrogen-bond acceptors (Lipinski definition) is 4. The number of carbonyl (C=O) groups excluding carboxylic acids is 1. The van der Waals surface area contributed by atoms with Gasteiger partial charge in [0.2, 0.25) is 0 Å². The number of carbonyl (C=O) groups is 1. The lowest BCUT2D eigenvalue weighted by Gasteiger charge is -2.03. The third-order valence-electron chi connectivity index (χ3n) is 2.29. The summed E-state index contributed by atoms with van der Waals surface area (Å²) >= 11 is 2.07. The molecule has 0 aliphatic carbocycles. The Morgan fingerprint density at radius 2 is 2.05 bits per heavy atom. The Morgan fingerprint density at radius 3 is 2.79 bits per heavy atom. The van der Waals surface area contributed by atoms with Crippen molar-refractivity contribution in [1.29, 1.82) is 0 Å². The summed E-state index contributed by atoms with van der Waals surface area (Å²) in [4.78, 5) is 15.7. The van der Waals surface area contributed by atoms with Crippen LogP contribution in [0.2, 0.25) is 0 Å². The Morgan fingerprint density at radius 1 is 1.32 bits per heavy atom. The van der Waals surface area contributed by atoms with Crippen molar-refractivity contribution in [3.8, 4) is 5.75 Å². The summed E-state index contributed by atoms with van der Waals surface area (Å²) in [5, 5.41) is 13.4. The number of rotatable bonds is 3. The van der Waals surface area contributed by atoms with Crippen LogP contribution >= 0.6 is 22.6 Å². The minimum Gasteiger partial charge on any atom is -0.507 e. The molecule has 2 rings (SSSR count). The second kappa shape index (κ2) is 6.28. The average molecular weight is 367 g/mol. The van der Waals surface area contributed by atoms with Gasteiger partial charge in [-0.1, -0.05) is 0 Å². The van der Waals surface area contributed by atoms with Gasteiger partial charge in [0.25, 0.3) is 5.91 Å². The Labute approximate surface area is 123 Å². The van der Waals surface area contributed by atoms with E-state index in [4.69, 9.17) is 0 Å². The standard InChI is InChI=1S/C13H10IN3O2/c14-10-1-2-12(18)11(7-10)13(19)17-16-8-9-3-5-15-6-4-9/h1-8,18H,(H,17,19). The zero-order valence-electron chi connectivity index (χ0n) is 9.75. The van der Waals surface area contributed by atoms with Gasteiger partial charge >= 0.3 is 0 Å². The molecule has 96 valence electrons. The van der Waals surface area contributed by atoms with E-state index in [0.717, 1.165) is 9.13 Å². The van der Waals surface area contributed by atoms with Crippen LogP contribution in [0.15, 0.2) is 47.8 Å². The van der Waals surface area contributed by atoms with Crippen molar-refractivity contribution in [2.45, 2.75) is 0 Å². The van der Waals surface area contributed by atoms with Gasteiger partial charge in [0, 0.05) is 16.0 Å². The number of benzene rings is 1. The first-order valence-corrected chi connectivity index (χ1v) is 6.46. The zero-order chi connectivity index (χ0) is 13.7. The molecular weight excluding hydrogens is 357 g/mol. The molecule has 0 bridgehead atoms. The molecule has 1 heterocycles. The summed E-state index contributed by atoms with van der Waals surface area (Å²) in [5.41, 5.74) is 3.38. The van der Waals surface area contributed by atoms with Crippen LogP contribution < -0.4 is 5.43 Å². The molecule has 2 aromatic rings. The molecule has 0 atom stereocenters. The SMILES string of the molecule is O=C(NN=Cc1ccncc1)c1cc(I)ccc1O. The lowest BCUT2D eigenvalue weighted by atomic mass is 10.2. The van der Waals surface area contributed by atoms with Gasteiger partial charge in [-0.15, -0.1) is 0 Å². The molecule has 0 saturated carbocycles. The number of aromatic nitrogens is 1. The Hall–Kier alpha value is -1.96. The van der Waals surface area contributed by atoms with Gasteiger partial charge in [0.05, 0.1) is 11.8 Å². The molecule has 0 unspecified atom stereocenters. The minimum absolute atomic E-state index is 0.0722. The first kappa shape index (κ1) is 13.5. The van der Waals surface area contributed by atoms with Gasteiger partial charge in [0.15, 0.2) is 0 Å². The summed E-state index contributed by atoms with van der Waals surface area (Å²) in [6, 6.07) is 8.31. The van der Waals surface area contributed by atoms with Gasteiger partial charge in [-0.25, -0.2) is 5.43 Å². The van der Waals surface area contributed by atoms with Crippen molar-refractivity contribution in [3.05, 3.63) is 57.4 Å². The second-order valence-electron chi connectivity index (χ2n) is 3.64. The fourth-order valence-corrected chi connectivity index (χ4v) is 1.86. The van der Waals surface area contributed by atoms with E-state index in [0.29, 0.717) is 0 Å². The van der Waals surface area contributed by atoms with Gasteiger partial charge in [-0.05, 0) is 58.5 Å². The predicted molar refractivity (Wildman–Crippen MR) is 80.1 cm³/mol. The zero-order valence-corrected chi connectivity index (χ0v) is 11.9. The number of nitrogens with one attached hydrogen (secondary N) is 1. The quantitative estimate of drug-likeness (QED) is 0.496. The lowest BCUT2D eigenvalue weighted by molar-refractivity contribution is 0.0952. The van der Waals surface area contributed by atoms with Crippen LogP contribution in [0.4, 0.5) is 0 Å². The number of aromatic hydroxyl groups is 1. The largest absolute Gasteiger partial charge is 0.507 e. The molecule has 0 saturated heterocycles. The Balaban J connectivity index is 2.06. The van der Waals surface area contributed by atoms with Crippen molar-refractivity contribution in [2.75, 3.05) is 0 Å². The van der Waals surface area contributed by atoms with Gasteiger partial charge in [0.1, 0.15) is 5.75 Å². The molecule has 0 radical (unpaired) electrons. The van der Waals surface area contributed by atoms with Crippen LogP contribution in [0, 0.1) is 3.57 Å². The van der Waals surface area contributed by atoms with E-state index in [1.807, 2.05) is 0 Å². The maximum Gasteiger partial charge on any atom is 0.275 e. The number of phenolic OH excluding ortho intramolecular Hbond substituents is 1. The molecular formula is C13H10IN3O2. The van der Waals surface area contributed by atoms with Crippen LogP contribution in [0.1, 0.15) is 15.9 Å². The normalized spacial score (nSPS) is 10.6. The van der Waals surface area contributed by atoms with E-state index >= 15 is 0 Å². The summed E-state index contributed by atoms with van der Waals surface area (Å²) in [7, 11) is 0. The summed E-state index contributed by atoms with van der Waals surface area (Å²) in [5.74, 6) is -0.529. The van der Waals surface area contributed by atoms with Gasteiger partial charge < -0.3 is 5.11 Å². The third kappa shape index (κ3) is 3.75. The molecule has 19 heavy (non-hydrogen) atoms. The number of phenols is 1. The van der Waals surface area contributed by atoms with E-state index in [-0.39, 0.29) is 11.3 Å². The third-order valence-corrected chi connectivity index (χ3v) is 2.96. The summed E-state index contributed by atoms with van der Waals surface area (Å²) in [6.45, 7) is 0. The average Bonchev–Trinajstić information content (AvgIpc) is 2.42. The molecule has 0 aliphatic heterocycles. The number of halogens is 1. The van der Waals surface area contributed by atoms with Gasteiger partial charge in [-0.2, -0.15) is 5.10 Å².